The highest BCUT2D eigenvalue weighted by Crippen LogP contribution is 2.14. The summed E-state index contributed by atoms with van der Waals surface area (Å²) in [5.41, 5.74) is 7.93. The average molecular weight is 229 g/mol. The molecular weight excluding hydrogens is 206 g/mol. The number of nitrogens with one attached hydrogen (secondary N) is 1. The van der Waals surface area contributed by atoms with Crippen molar-refractivity contribution in [2.45, 2.75) is 39.2 Å². The first-order chi connectivity index (χ1) is 7.40. The number of hydrogen-bond donors (Lipinski definition) is 2. The molecule has 5 heteroatoms. The van der Waals surface area contributed by atoms with Crippen LogP contribution in [0.1, 0.15) is 33.6 Å². The Kier molecular flexibility index (Phi) is 4.56. The van der Waals surface area contributed by atoms with Crippen LogP contribution in [0, 0.1) is 5.92 Å². The van der Waals surface area contributed by atoms with Gasteiger partial charge >= 0.3 is 6.09 Å². The molecule has 1 atom stereocenters. The zero-order valence-corrected chi connectivity index (χ0v) is 10.5. The van der Waals surface area contributed by atoms with Crippen LogP contribution in [0.5, 0.6) is 0 Å². The van der Waals surface area contributed by atoms with E-state index in [1.807, 2.05) is 25.8 Å². The summed E-state index contributed by atoms with van der Waals surface area (Å²) in [5.74, 6) is 0.476. The number of rotatable bonds is 2. The largest absolute Gasteiger partial charge is 0.443 e. The molecule has 1 saturated heterocycles. The topological polar surface area (TPSA) is 67.6 Å². The number of hydrazine groups is 1. The van der Waals surface area contributed by atoms with Gasteiger partial charge in [0.1, 0.15) is 5.60 Å². The van der Waals surface area contributed by atoms with Gasteiger partial charge < -0.3 is 10.5 Å². The predicted octanol–water partition coefficient (Wildman–Crippen LogP) is 1.10. The van der Waals surface area contributed by atoms with Crippen molar-refractivity contribution >= 4 is 6.09 Å². The molecule has 0 spiro atoms. The van der Waals surface area contributed by atoms with Crippen LogP contribution in [0.4, 0.5) is 4.79 Å². The standard InChI is InChI=1S/C11H23N3O2/c1-11(2,3)16-10(15)13-14-6-4-5-9(7-12)8-14/h9H,4-8,12H2,1-3H3,(H,13,15). The SMILES string of the molecule is CC(C)(C)OC(=O)NN1CCCC(CN)C1. The summed E-state index contributed by atoms with van der Waals surface area (Å²) in [6.07, 6.45) is 1.82. The van der Waals surface area contributed by atoms with E-state index in [0.717, 1.165) is 25.9 Å². The van der Waals surface area contributed by atoms with Crippen LogP contribution in [0.15, 0.2) is 0 Å². The van der Waals surface area contributed by atoms with E-state index in [2.05, 4.69) is 5.43 Å². The van der Waals surface area contributed by atoms with Crippen LogP contribution in [-0.2, 0) is 4.74 Å². The van der Waals surface area contributed by atoms with Crippen LogP contribution in [-0.4, -0.2) is 36.3 Å². The zero-order valence-electron chi connectivity index (χ0n) is 10.5. The van der Waals surface area contributed by atoms with Gasteiger partial charge in [0.25, 0.3) is 0 Å². The van der Waals surface area contributed by atoms with E-state index in [1.54, 1.807) is 0 Å². The lowest BCUT2D eigenvalue weighted by atomic mass is 10.00. The molecule has 16 heavy (non-hydrogen) atoms. The molecule has 1 heterocycles. The van der Waals surface area contributed by atoms with Crippen molar-refractivity contribution in [1.29, 1.82) is 0 Å². The van der Waals surface area contributed by atoms with Gasteiger partial charge in [-0.05, 0) is 46.1 Å². The number of hydrogen-bond acceptors (Lipinski definition) is 4. The molecule has 1 aliphatic heterocycles. The third-order valence-electron chi connectivity index (χ3n) is 2.50. The lowest BCUT2D eigenvalue weighted by Crippen LogP contribution is -2.50. The van der Waals surface area contributed by atoms with E-state index < -0.39 is 5.60 Å². The van der Waals surface area contributed by atoms with Gasteiger partial charge in [0.05, 0.1) is 0 Å². The van der Waals surface area contributed by atoms with Crippen molar-refractivity contribution < 1.29 is 9.53 Å². The van der Waals surface area contributed by atoms with Gasteiger partial charge in [0, 0.05) is 13.1 Å². The summed E-state index contributed by atoms with van der Waals surface area (Å²) in [5, 5.41) is 1.90. The Balaban J connectivity index is 2.33. The number of nitrogens with two attached hydrogens (primary N) is 1. The second-order valence-corrected chi connectivity index (χ2v) is 5.30. The van der Waals surface area contributed by atoms with Gasteiger partial charge in [-0.2, -0.15) is 0 Å². The Morgan fingerprint density at radius 1 is 1.56 bits per heavy atom. The molecule has 94 valence electrons. The molecule has 0 aromatic carbocycles. The highest BCUT2D eigenvalue weighted by atomic mass is 16.6. The van der Waals surface area contributed by atoms with Crippen LogP contribution in [0.3, 0.4) is 0 Å². The van der Waals surface area contributed by atoms with E-state index in [1.165, 1.54) is 0 Å². The quantitative estimate of drug-likeness (QED) is 0.744. The van der Waals surface area contributed by atoms with Crippen molar-refractivity contribution in [3.63, 3.8) is 0 Å². The van der Waals surface area contributed by atoms with Crippen LogP contribution in [0.25, 0.3) is 0 Å². The summed E-state index contributed by atoms with van der Waals surface area (Å²) in [7, 11) is 0. The number of amides is 1. The molecule has 1 aliphatic rings. The van der Waals surface area contributed by atoms with Gasteiger partial charge in [-0.1, -0.05) is 0 Å². The second kappa shape index (κ2) is 5.50. The Labute approximate surface area is 97.3 Å². The van der Waals surface area contributed by atoms with Gasteiger partial charge in [0.2, 0.25) is 0 Å². The fourth-order valence-corrected chi connectivity index (χ4v) is 1.79. The number of carbonyl (C=O) groups excluding carboxylic acids is 1. The molecule has 1 amide bonds. The van der Waals surface area contributed by atoms with Gasteiger partial charge in [-0.15, -0.1) is 0 Å². The maximum absolute atomic E-state index is 11.5. The van der Waals surface area contributed by atoms with Crippen LogP contribution >= 0.6 is 0 Å². The lowest BCUT2D eigenvalue weighted by molar-refractivity contribution is 0.0252. The third-order valence-corrected chi connectivity index (χ3v) is 2.50. The van der Waals surface area contributed by atoms with Gasteiger partial charge in [-0.3, -0.25) is 5.43 Å². The minimum Gasteiger partial charge on any atom is -0.443 e. The summed E-state index contributed by atoms with van der Waals surface area (Å²) in [6.45, 7) is 7.92. The van der Waals surface area contributed by atoms with Crippen molar-refractivity contribution in [3.05, 3.63) is 0 Å². The molecular formula is C11H23N3O2. The summed E-state index contributed by atoms with van der Waals surface area (Å²) >= 11 is 0. The van der Waals surface area contributed by atoms with Crippen LogP contribution in [0.2, 0.25) is 0 Å². The number of piperidine rings is 1. The second-order valence-electron chi connectivity index (χ2n) is 5.30. The molecule has 0 aromatic rings. The molecule has 0 saturated carbocycles. The Bertz CT molecular complexity index is 238. The fraction of sp³-hybridized carbons (Fsp3) is 0.909. The molecule has 0 aliphatic carbocycles. The van der Waals surface area contributed by atoms with Crippen LogP contribution < -0.4 is 11.2 Å². The third kappa shape index (κ3) is 4.81. The fourth-order valence-electron chi connectivity index (χ4n) is 1.79. The average Bonchev–Trinajstić information content (AvgIpc) is 2.15. The molecule has 0 bridgehead atoms. The maximum atomic E-state index is 11.5. The first kappa shape index (κ1) is 13.3. The van der Waals surface area contributed by atoms with E-state index in [4.69, 9.17) is 10.5 Å². The maximum Gasteiger partial charge on any atom is 0.422 e. The molecule has 0 aromatic heterocycles. The Morgan fingerprint density at radius 3 is 2.81 bits per heavy atom. The number of carbonyl (C=O) groups is 1. The van der Waals surface area contributed by atoms with E-state index in [9.17, 15) is 4.79 Å². The monoisotopic (exact) mass is 229 g/mol. The normalized spacial score (nSPS) is 22.9. The van der Waals surface area contributed by atoms with Crippen molar-refractivity contribution in [3.8, 4) is 0 Å². The summed E-state index contributed by atoms with van der Waals surface area (Å²) in [4.78, 5) is 11.5. The predicted molar refractivity (Wildman–Crippen MR) is 62.7 cm³/mol. The molecule has 0 radical (unpaired) electrons. The van der Waals surface area contributed by atoms with Crippen molar-refractivity contribution in [2.75, 3.05) is 19.6 Å². The summed E-state index contributed by atoms with van der Waals surface area (Å²) in [6, 6.07) is 0. The smallest absolute Gasteiger partial charge is 0.422 e. The van der Waals surface area contributed by atoms with E-state index in [-0.39, 0.29) is 6.09 Å². The Hall–Kier alpha value is -0.810. The summed E-state index contributed by atoms with van der Waals surface area (Å²) < 4.78 is 5.19. The van der Waals surface area contributed by atoms with Gasteiger partial charge in [-0.25, -0.2) is 9.80 Å². The number of ether oxygens (including phenoxy) is 1. The Morgan fingerprint density at radius 2 is 2.25 bits per heavy atom. The first-order valence-corrected chi connectivity index (χ1v) is 5.85. The number of nitrogens with zero attached hydrogens (tertiary/aromatic N) is 1. The van der Waals surface area contributed by atoms with E-state index >= 15 is 0 Å². The molecule has 1 rings (SSSR count). The zero-order chi connectivity index (χ0) is 12.2. The highest BCUT2D eigenvalue weighted by molar-refractivity contribution is 5.67. The molecule has 1 fully saturated rings. The molecule has 3 N–H and O–H groups in total. The first-order valence-electron chi connectivity index (χ1n) is 5.85. The lowest BCUT2D eigenvalue weighted by Gasteiger charge is -2.32. The van der Waals surface area contributed by atoms with Crippen molar-refractivity contribution in [1.82, 2.24) is 10.4 Å². The molecule has 5 nitrogen and oxygen atoms in total. The highest BCUT2D eigenvalue weighted by Gasteiger charge is 2.22. The molecule has 1 unspecified atom stereocenters. The minimum atomic E-state index is -0.451. The van der Waals surface area contributed by atoms with Gasteiger partial charge in [0.15, 0.2) is 0 Å². The van der Waals surface area contributed by atoms with E-state index in [0.29, 0.717) is 12.5 Å². The van der Waals surface area contributed by atoms with Crippen molar-refractivity contribution in [2.24, 2.45) is 11.7 Å². The minimum absolute atomic E-state index is 0.384.